The summed E-state index contributed by atoms with van der Waals surface area (Å²) >= 11 is 0. The van der Waals surface area contributed by atoms with Crippen LogP contribution in [0.5, 0.6) is 5.75 Å². The van der Waals surface area contributed by atoms with Crippen LogP contribution in [0.1, 0.15) is 37.9 Å². The van der Waals surface area contributed by atoms with Crippen LogP contribution in [0.3, 0.4) is 0 Å². The van der Waals surface area contributed by atoms with Crippen molar-refractivity contribution in [1.82, 2.24) is 9.38 Å². The van der Waals surface area contributed by atoms with Gasteiger partial charge in [0.1, 0.15) is 0 Å². The molecule has 0 saturated heterocycles. The SMILES string of the molecule is CCc1cc(=O)n2cc(C(C)C)cc(OC)c2n1. The highest BCUT2D eigenvalue weighted by Crippen LogP contribution is 2.23. The van der Waals surface area contributed by atoms with E-state index in [9.17, 15) is 4.79 Å². The predicted molar refractivity (Wildman–Crippen MR) is 71.5 cm³/mol. The fraction of sp³-hybridized carbons (Fsp3) is 0.429. The van der Waals surface area contributed by atoms with E-state index in [-0.39, 0.29) is 5.56 Å². The van der Waals surface area contributed by atoms with E-state index in [2.05, 4.69) is 18.8 Å². The van der Waals surface area contributed by atoms with Crippen molar-refractivity contribution in [3.05, 3.63) is 39.9 Å². The van der Waals surface area contributed by atoms with Crippen molar-refractivity contribution in [1.29, 1.82) is 0 Å². The monoisotopic (exact) mass is 246 g/mol. The lowest BCUT2D eigenvalue weighted by Gasteiger charge is -2.12. The largest absolute Gasteiger partial charge is 0.493 e. The first-order chi connectivity index (χ1) is 8.56. The summed E-state index contributed by atoms with van der Waals surface area (Å²) in [6.07, 6.45) is 2.58. The Labute approximate surface area is 106 Å². The molecule has 0 fully saturated rings. The second-order valence-corrected chi connectivity index (χ2v) is 4.63. The molecular formula is C14H18N2O2. The number of hydrogen-bond acceptors (Lipinski definition) is 3. The van der Waals surface area contributed by atoms with Gasteiger partial charge in [0.05, 0.1) is 7.11 Å². The molecule has 0 aliphatic carbocycles. The number of ether oxygens (including phenoxy) is 1. The summed E-state index contributed by atoms with van der Waals surface area (Å²) in [7, 11) is 1.60. The van der Waals surface area contributed by atoms with E-state index in [1.807, 2.05) is 19.2 Å². The summed E-state index contributed by atoms with van der Waals surface area (Å²) in [5, 5.41) is 0. The highest BCUT2D eigenvalue weighted by atomic mass is 16.5. The maximum Gasteiger partial charge on any atom is 0.258 e. The van der Waals surface area contributed by atoms with Gasteiger partial charge in [0.25, 0.3) is 5.56 Å². The summed E-state index contributed by atoms with van der Waals surface area (Å²) in [6.45, 7) is 6.15. The molecule has 96 valence electrons. The van der Waals surface area contributed by atoms with Crippen molar-refractivity contribution in [3.8, 4) is 5.75 Å². The topological polar surface area (TPSA) is 43.6 Å². The van der Waals surface area contributed by atoms with Gasteiger partial charge >= 0.3 is 0 Å². The Bertz CT molecular complexity index is 629. The van der Waals surface area contributed by atoms with Crippen LogP contribution in [0.25, 0.3) is 5.65 Å². The zero-order valence-electron chi connectivity index (χ0n) is 11.2. The molecular weight excluding hydrogens is 228 g/mol. The highest BCUT2D eigenvalue weighted by Gasteiger charge is 2.10. The smallest absolute Gasteiger partial charge is 0.258 e. The van der Waals surface area contributed by atoms with Crippen LogP contribution in [-0.2, 0) is 6.42 Å². The zero-order chi connectivity index (χ0) is 13.3. The average Bonchev–Trinajstić information content (AvgIpc) is 2.37. The van der Waals surface area contributed by atoms with E-state index in [4.69, 9.17) is 4.74 Å². The molecule has 0 radical (unpaired) electrons. The lowest BCUT2D eigenvalue weighted by molar-refractivity contribution is 0.415. The lowest BCUT2D eigenvalue weighted by Crippen LogP contribution is -2.17. The normalized spacial score (nSPS) is 11.2. The molecule has 0 N–H and O–H groups in total. The first-order valence-electron chi connectivity index (χ1n) is 6.17. The van der Waals surface area contributed by atoms with E-state index in [1.165, 1.54) is 0 Å². The second-order valence-electron chi connectivity index (χ2n) is 4.63. The minimum absolute atomic E-state index is 0.0577. The molecule has 2 heterocycles. The summed E-state index contributed by atoms with van der Waals surface area (Å²) in [6, 6.07) is 3.53. The molecule has 0 amide bonds. The minimum Gasteiger partial charge on any atom is -0.493 e. The van der Waals surface area contributed by atoms with Crippen molar-refractivity contribution >= 4 is 5.65 Å². The Morgan fingerprint density at radius 3 is 2.67 bits per heavy atom. The second kappa shape index (κ2) is 4.80. The maximum atomic E-state index is 12.1. The molecule has 2 aromatic heterocycles. The number of fused-ring (bicyclic) bond motifs is 1. The number of pyridine rings is 1. The maximum absolute atomic E-state index is 12.1. The predicted octanol–water partition coefficient (Wildman–Crippen LogP) is 2.39. The number of nitrogens with zero attached hydrogens (tertiary/aromatic N) is 2. The third-order valence-corrected chi connectivity index (χ3v) is 3.05. The van der Waals surface area contributed by atoms with E-state index in [0.29, 0.717) is 17.3 Å². The van der Waals surface area contributed by atoms with E-state index in [1.54, 1.807) is 17.6 Å². The van der Waals surface area contributed by atoms with Crippen molar-refractivity contribution in [2.75, 3.05) is 7.11 Å². The highest BCUT2D eigenvalue weighted by molar-refractivity contribution is 5.55. The molecule has 0 spiro atoms. The molecule has 0 unspecified atom stereocenters. The number of aromatic nitrogens is 2. The molecule has 0 aromatic carbocycles. The molecule has 0 saturated carbocycles. The van der Waals surface area contributed by atoms with Gasteiger partial charge in [-0.1, -0.05) is 20.8 Å². The van der Waals surface area contributed by atoms with Gasteiger partial charge in [0.15, 0.2) is 11.4 Å². The van der Waals surface area contributed by atoms with Crippen LogP contribution in [0.15, 0.2) is 23.1 Å². The number of methoxy groups -OCH3 is 1. The number of hydrogen-bond donors (Lipinski definition) is 0. The molecule has 0 aliphatic rings. The first kappa shape index (κ1) is 12.6. The van der Waals surface area contributed by atoms with Gasteiger partial charge in [-0.25, -0.2) is 4.98 Å². The average molecular weight is 246 g/mol. The van der Waals surface area contributed by atoms with Crippen LogP contribution in [0.4, 0.5) is 0 Å². The van der Waals surface area contributed by atoms with Gasteiger partial charge in [-0.2, -0.15) is 0 Å². The fourth-order valence-electron chi connectivity index (χ4n) is 1.89. The Morgan fingerprint density at radius 2 is 2.11 bits per heavy atom. The minimum atomic E-state index is -0.0577. The Hall–Kier alpha value is -1.84. The van der Waals surface area contributed by atoms with Gasteiger partial charge in [0, 0.05) is 18.0 Å². The molecule has 2 rings (SSSR count). The molecule has 4 heteroatoms. The van der Waals surface area contributed by atoms with Gasteiger partial charge in [-0.15, -0.1) is 0 Å². The van der Waals surface area contributed by atoms with Crippen LogP contribution in [0.2, 0.25) is 0 Å². The first-order valence-corrected chi connectivity index (χ1v) is 6.17. The van der Waals surface area contributed by atoms with Gasteiger partial charge < -0.3 is 4.74 Å². The van der Waals surface area contributed by atoms with Gasteiger partial charge in [-0.3, -0.25) is 9.20 Å². The lowest BCUT2D eigenvalue weighted by atomic mass is 10.1. The quantitative estimate of drug-likeness (QED) is 0.835. The van der Waals surface area contributed by atoms with Crippen LogP contribution in [0, 0.1) is 0 Å². The van der Waals surface area contributed by atoms with Crippen molar-refractivity contribution in [2.24, 2.45) is 0 Å². The molecule has 2 aromatic rings. The van der Waals surface area contributed by atoms with Crippen LogP contribution >= 0.6 is 0 Å². The van der Waals surface area contributed by atoms with E-state index < -0.39 is 0 Å². The Balaban J connectivity index is 2.83. The van der Waals surface area contributed by atoms with Crippen LogP contribution < -0.4 is 10.3 Å². The fourth-order valence-corrected chi connectivity index (χ4v) is 1.89. The van der Waals surface area contributed by atoms with Gasteiger partial charge in [-0.05, 0) is 24.0 Å². The number of aryl methyl sites for hydroxylation is 1. The Morgan fingerprint density at radius 1 is 1.39 bits per heavy atom. The third-order valence-electron chi connectivity index (χ3n) is 3.05. The van der Waals surface area contributed by atoms with Crippen molar-refractivity contribution in [2.45, 2.75) is 33.1 Å². The van der Waals surface area contributed by atoms with Crippen molar-refractivity contribution in [3.63, 3.8) is 0 Å². The summed E-state index contributed by atoms with van der Waals surface area (Å²) in [5.41, 5.74) is 2.38. The zero-order valence-corrected chi connectivity index (χ0v) is 11.2. The molecule has 0 bridgehead atoms. The van der Waals surface area contributed by atoms with E-state index >= 15 is 0 Å². The number of rotatable bonds is 3. The van der Waals surface area contributed by atoms with Gasteiger partial charge in [0.2, 0.25) is 0 Å². The molecule has 0 atom stereocenters. The van der Waals surface area contributed by atoms with Crippen molar-refractivity contribution < 1.29 is 4.74 Å². The summed E-state index contributed by atoms with van der Waals surface area (Å²) in [5.74, 6) is 0.981. The molecule has 4 nitrogen and oxygen atoms in total. The third kappa shape index (κ3) is 2.10. The summed E-state index contributed by atoms with van der Waals surface area (Å²) < 4.78 is 6.91. The molecule has 18 heavy (non-hydrogen) atoms. The van der Waals surface area contributed by atoms with E-state index in [0.717, 1.165) is 17.7 Å². The standard InChI is InChI=1S/C14H18N2O2/c1-5-11-7-13(17)16-8-10(9(2)3)6-12(18-4)14(16)15-11/h6-9H,5H2,1-4H3. The van der Waals surface area contributed by atoms with Crippen LogP contribution in [-0.4, -0.2) is 16.5 Å². The Kier molecular flexibility index (Phi) is 3.36. The molecule has 0 aliphatic heterocycles. The summed E-state index contributed by atoms with van der Waals surface area (Å²) in [4.78, 5) is 16.5.